The zero-order valence-corrected chi connectivity index (χ0v) is 12.7. The highest BCUT2D eigenvalue weighted by atomic mass is 32.2. The van der Waals surface area contributed by atoms with Crippen LogP contribution in [0.4, 0.5) is 5.69 Å². The predicted molar refractivity (Wildman–Crippen MR) is 76.9 cm³/mol. The van der Waals surface area contributed by atoms with E-state index in [0.717, 1.165) is 0 Å². The summed E-state index contributed by atoms with van der Waals surface area (Å²) < 4.78 is 31.0. The fourth-order valence-electron chi connectivity index (χ4n) is 1.63. The predicted octanol–water partition coefficient (Wildman–Crippen LogP) is 1.77. The van der Waals surface area contributed by atoms with Crippen molar-refractivity contribution in [3.05, 3.63) is 24.3 Å². The minimum absolute atomic E-state index is 0.0279. The Kier molecular flexibility index (Phi) is 5.78. The van der Waals surface area contributed by atoms with Gasteiger partial charge in [-0.3, -0.25) is 0 Å². The summed E-state index contributed by atoms with van der Waals surface area (Å²) in [4.78, 5) is 0.281. The van der Waals surface area contributed by atoms with Crippen molar-refractivity contribution in [2.24, 2.45) is 0 Å². The molecule has 0 radical (unpaired) electrons. The number of benzene rings is 1. The number of sulfonamides is 1. The van der Waals surface area contributed by atoms with E-state index in [1.54, 1.807) is 18.2 Å². The van der Waals surface area contributed by atoms with Crippen molar-refractivity contribution in [1.29, 1.82) is 0 Å². The molecule has 5 nitrogen and oxygen atoms in total. The average Bonchev–Trinajstić information content (AvgIpc) is 2.37. The molecule has 0 aliphatic rings. The van der Waals surface area contributed by atoms with E-state index in [-0.39, 0.29) is 11.0 Å². The van der Waals surface area contributed by atoms with E-state index in [4.69, 9.17) is 4.74 Å². The standard InChI is InChI=1S/C13H22N2O3S/c1-5-18-11(2)10-14-12-8-6-7-9-13(12)19(16,17)15(3)4/h6-9,11,14H,5,10H2,1-4H3. The van der Waals surface area contributed by atoms with E-state index < -0.39 is 10.0 Å². The van der Waals surface area contributed by atoms with Crippen LogP contribution < -0.4 is 5.32 Å². The monoisotopic (exact) mass is 286 g/mol. The number of anilines is 1. The van der Waals surface area contributed by atoms with Crippen LogP contribution in [0.25, 0.3) is 0 Å². The summed E-state index contributed by atoms with van der Waals surface area (Å²) in [6, 6.07) is 6.88. The maximum absolute atomic E-state index is 12.2. The Bertz CT molecular complexity index is 500. The Morgan fingerprint density at radius 1 is 1.32 bits per heavy atom. The SMILES string of the molecule is CCOC(C)CNc1ccccc1S(=O)(=O)N(C)C. The Morgan fingerprint density at radius 2 is 1.95 bits per heavy atom. The van der Waals surface area contributed by atoms with Crippen molar-refractivity contribution in [1.82, 2.24) is 4.31 Å². The molecule has 0 spiro atoms. The molecule has 0 aliphatic heterocycles. The van der Waals surface area contributed by atoms with Gasteiger partial charge in [0.15, 0.2) is 0 Å². The van der Waals surface area contributed by atoms with Gasteiger partial charge in [0, 0.05) is 27.2 Å². The first kappa shape index (κ1) is 15.9. The number of hydrogen-bond donors (Lipinski definition) is 1. The fraction of sp³-hybridized carbons (Fsp3) is 0.538. The molecular weight excluding hydrogens is 264 g/mol. The van der Waals surface area contributed by atoms with Gasteiger partial charge < -0.3 is 10.1 Å². The Morgan fingerprint density at radius 3 is 2.53 bits per heavy atom. The molecule has 1 aromatic carbocycles. The molecule has 0 fully saturated rings. The zero-order valence-electron chi connectivity index (χ0n) is 11.9. The molecular formula is C13H22N2O3S. The number of ether oxygens (including phenoxy) is 1. The third kappa shape index (κ3) is 4.19. The van der Waals surface area contributed by atoms with Gasteiger partial charge in [-0.1, -0.05) is 12.1 Å². The smallest absolute Gasteiger partial charge is 0.244 e. The molecule has 1 unspecified atom stereocenters. The second-order valence-electron chi connectivity index (χ2n) is 4.43. The van der Waals surface area contributed by atoms with Crippen molar-refractivity contribution < 1.29 is 13.2 Å². The van der Waals surface area contributed by atoms with Crippen LogP contribution >= 0.6 is 0 Å². The van der Waals surface area contributed by atoms with Gasteiger partial charge in [-0.05, 0) is 26.0 Å². The largest absolute Gasteiger partial charge is 0.381 e. The topological polar surface area (TPSA) is 58.6 Å². The third-order valence-corrected chi connectivity index (χ3v) is 4.55. The number of nitrogens with zero attached hydrogens (tertiary/aromatic N) is 1. The normalized spacial score (nSPS) is 13.5. The van der Waals surface area contributed by atoms with Gasteiger partial charge in [0.05, 0.1) is 11.8 Å². The highest BCUT2D eigenvalue weighted by Crippen LogP contribution is 2.23. The van der Waals surface area contributed by atoms with Crippen LogP contribution in [0.5, 0.6) is 0 Å². The molecule has 108 valence electrons. The summed E-state index contributed by atoms with van der Waals surface area (Å²) in [5.74, 6) is 0. The molecule has 0 aromatic heterocycles. The number of para-hydroxylation sites is 1. The molecule has 0 bridgehead atoms. The third-order valence-electron chi connectivity index (χ3n) is 2.68. The van der Waals surface area contributed by atoms with Gasteiger partial charge in [0.2, 0.25) is 10.0 Å². The van der Waals surface area contributed by atoms with Crippen molar-refractivity contribution in [3.8, 4) is 0 Å². The first-order valence-electron chi connectivity index (χ1n) is 6.26. The van der Waals surface area contributed by atoms with Crippen molar-refractivity contribution >= 4 is 15.7 Å². The molecule has 1 atom stereocenters. The van der Waals surface area contributed by atoms with Gasteiger partial charge in [-0.2, -0.15) is 0 Å². The minimum Gasteiger partial charge on any atom is -0.381 e. The van der Waals surface area contributed by atoms with Gasteiger partial charge in [0.25, 0.3) is 0 Å². The number of rotatable bonds is 7. The lowest BCUT2D eigenvalue weighted by Gasteiger charge is -2.18. The highest BCUT2D eigenvalue weighted by molar-refractivity contribution is 7.89. The van der Waals surface area contributed by atoms with Gasteiger partial charge in [0.1, 0.15) is 4.90 Å². The molecule has 1 aromatic rings. The molecule has 0 saturated carbocycles. The quantitative estimate of drug-likeness (QED) is 0.830. The van der Waals surface area contributed by atoms with Crippen molar-refractivity contribution in [2.45, 2.75) is 24.8 Å². The summed E-state index contributed by atoms with van der Waals surface area (Å²) in [5.41, 5.74) is 0.600. The molecule has 0 saturated heterocycles. The van der Waals surface area contributed by atoms with Crippen LogP contribution in [-0.2, 0) is 14.8 Å². The maximum Gasteiger partial charge on any atom is 0.244 e. The lowest BCUT2D eigenvalue weighted by molar-refractivity contribution is 0.0855. The molecule has 0 aliphatic carbocycles. The van der Waals surface area contributed by atoms with Crippen LogP contribution in [0.2, 0.25) is 0 Å². The average molecular weight is 286 g/mol. The van der Waals surface area contributed by atoms with Crippen LogP contribution in [0.15, 0.2) is 29.2 Å². The Labute approximate surface area is 115 Å². The van der Waals surface area contributed by atoms with Crippen LogP contribution in [-0.4, -0.2) is 46.1 Å². The summed E-state index contributed by atoms with van der Waals surface area (Å²) in [6.07, 6.45) is 0.0279. The summed E-state index contributed by atoms with van der Waals surface area (Å²) >= 11 is 0. The lowest BCUT2D eigenvalue weighted by Crippen LogP contribution is -2.25. The first-order chi connectivity index (χ1) is 8.89. The van der Waals surface area contributed by atoms with E-state index in [1.165, 1.54) is 18.4 Å². The van der Waals surface area contributed by atoms with E-state index in [0.29, 0.717) is 18.8 Å². The van der Waals surface area contributed by atoms with Gasteiger partial charge in [-0.15, -0.1) is 0 Å². The van der Waals surface area contributed by atoms with Crippen LogP contribution in [0, 0.1) is 0 Å². The van der Waals surface area contributed by atoms with E-state index in [2.05, 4.69) is 5.32 Å². The lowest BCUT2D eigenvalue weighted by atomic mass is 10.3. The second kappa shape index (κ2) is 6.88. The zero-order chi connectivity index (χ0) is 14.5. The van der Waals surface area contributed by atoms with E-state index in [1.807, 2.05) is 19.9 Å². The van der Waals surface area contributed by atoms with Crippen molar-refractivity contribution in [2.75, 3.05) is 32.6 Å². The van der Waals surface area contributed by atoms with Gasteiger partial charge >= 0.3 is 0 Å². The number of hydrogen-bond acceptors (Lipinski definition) is 4. The van der Waals surface area contributed by atoms with E-state index >= 15 is 0 Å². The molecule has 19 heavy (non-hydrogen) atoms. The second-order valence-corrected chi connectivity index (χ2v) is 6.55. The van der Waals surface area contributed by atoms with Gasteiger partial charge in [-0.25, -0.2) is 12.7 Å². The minimum atomic E-state index is -3.44. The van der Waals surface area contributed by atoms with E-state index in [9.17, 15) is 8.42 Å². The first-order valence-corrected chi connectivity index (χ1v) is 7.70. The molecule has 1 N–H and O–H groups in total. The number of nitrogens with one attached hydrogen (secondary N) is 1. The molecule has 6 heteroatoms. The summed E-state index contributed by atoms with van der Waals surface area (Å²) in [6.45, 7) is 5.08. The molecule has 0 amide bonds. The Balaban J connectivity index is 2.91. The highest BCUT2D eigenvalue weighted by Gasteiger charge is 2.20. The Hall–Kier alpha value is -1.11. The molecule has 0 heterocycles. The molecule has 1 rings (SSSR count). The van der Waals surface area contributed by atoms with Crippen LogP contribution in [0.3, 0.4) is 0 Å². The fourth-order valence-corrected chi connectivity index (χ4v) is 2.69. The van der Waals surface area contributed by atoms with Crippen molar-refractivity contribution in [3.63, 3.8) is 0 Å². The van der Waals surface area contributed by atoms with Crippen LogP contribution in [0.1, 0.15) is 13.8 Å². The summed E-state index contributed by atoms with van der Waals surface area (Å²) in [5, 5.41) is 3.13. The summed E-state index contributed by atoms with van der Waals surface area (Å²) in [7, 11) is -0.392. The maximum atomic E-state index is 12.2.